The molecular formula is C13H21N2O9PS. The van der Waals surface area contributed by atoms with Crippen molar-refractivity contribution in [3.05, 3.63) is 0 Å². The molecular weight excluding hydrogens is 391 g/mol. The summed E-state index contributed by atoms with van der Waals surface area (Å²) in [4.78, 5) is 65.3. The maximum absolute atomic E-state index is 12.3. The molecule has 4 N–H and O–H groups in total. The summed E-state index contributed by atoms with van der Waals surface area (Å²) in [6.45, 7) is 2.32. The van der Waals surface area contributed by atoms with Gasteiger partial charge in [-0.1, -0.05) is 25.6 Å². The largest absolute Gasteiger partial charge is 0.470 e. The van der Waals surface area contributed by atoms with E-state index in [1.807, 2.05) is 0 Å². The van der Waals surface area contributed by atoms with Crippen molar-refractivity contribution in [2.75, 3.05) is 25.4 Å². The van der Waals surface area contributed by atoms with E-state index in [-0.39, 0.29) is 25.3 Å². The van der Waals surface area contributed by atoms with Crippen molar-refractivity contribution in [3.8, 4) is 0 Å². The van der Waals surface area contributed by atoms with Crippen LogP contribution < -0.4 is 10.6 Å². The van der Waals surface area contributed by atoms with Crippen molar-refractivity contribution in [2.24, 2.45) is 5.41 Å². The third-order valence-corrected chi connectivity index (χ3v) is 4.56. The standard InChI is InChI=1S/C13H21N2O9PS/c1-13(2)7-23-11(18)12(19)26-6-5-14-8(16)3-4-15-10(17)9(13)24-25(20,21)22/h9H,3-7H2,1-2H3,(H,14,16)(H,15,17)(H2,20,21,22)/t9-/m0/s1. The van der Waals surface area contributed by atoms with Crippen molar-refractivity contribution in [1.29, 1.82) is 0 Å². The average Bonchev–Trinajstić information content (AvgIpc) is 2.52. The Kier molecular flexibility index (Phi) is 8.22. The van der Waals surface area contributed by atoms with Crippen molar-refractivity contribution >= 4 is 42.5 Å². The van der Waals surface area contributed by atoms with E-state index in [1.165, 1.54) is 13.8 Å². The van der Waals surface area contributed by atoms with E-state index in [1.54, 1.807) is 0 Å². The van der Waals surface area contributed by atoms with Gasteiger partial charge in [-0.2, -0.15) is 0 Å². The van der Waals surface area contributed by atoms with Crippen LogP contribution in [0.15, 0.2) is 0 Å². The van der Waals surface area contributed by atoms with Gasteiger partial charge in [0.1, 0.15) is 0 Å². The summed E-state index contributed by atoms with van der Waals surface area (Å²) in [6, 6.07) is 0. The maximum atomic E-state index is 12.3. The number of hydrogen-bond donors (Lipinski definition) is 4. The molecule has 1 aliphatic rings. The molecule has 1 rings (SSSR count). The second-order valence-corrected chi connectivity index (χ2v) is 8.33. The van der Waals surface area contributed by atoms with Gasteiger partial charge in [-0.15, -0.1) is 0 Å². The van der Waals surface area contributed by atoms with Crippen LogP contribution in [-0.2, 0) is 33.0 Å². The summed E-state index contributed by atoms with van der Waals surface area (Å²) in [5.74, 6) is -2.29. The van der Waals surface area contributed by atoms with Crippen LogP contribution in [-0.4, -0.2) is 64.2 Å². The Bertz CT molecular complexity index is 619. The van der Waals surface area contributed by atoms with E-state index in [2.05, 4.69) is 15.2 Å². The number of thioether (sulfide) groups is 1. The number of carbonyl (C=O) groups excluding carboxylic acids is 4. The Labute approximate surface area is 153 Å². The number of amides is 2. The number of rotatable bonds is 2. The molecule has 0 aromatic carbocycles. The summed E-state index contributed by atoms with van der Waals surface area (Å²) in [5.41, 5.74) is -1.37. The number of phosphoric acid groups is 1. The van der Waals surface area contributed by atoms with E-state index in [4.69, 9.17) is 14.5 Å². The van der Waals surface area contributed by atoms with Crippen LogP contribution in [0.4, 0.5) is 0 Å². The molecule has 1 fully saturated rings. The van der Waals surface area contributed by atoms with Gasteiger partial charge >= 0.3 is 13.8 Å². The number of ether oxygens (including phenoxy) is 1. The molecule has 0 spiro atoms. The molecule has 1 heterocycles. The van der Waals surface area contributed by atoms with E-state index >= 15 is 0 Å². The molecule has 1 saturated heterocycles. The zero-order valence-electron chi connectivity index (χ0n) is 14.2. The third kappa shape index (κ3) is 7.83. The minimum atomic E-state index is -5.04. The van der Waals surface area contributed by atoms with E-state index in [0.29, 0.717) is 11.8 Å². The van der Waals surface area contributed by atoms with Crippen LogP contribution in [0.25, 0.3) is 0 Å². The quantitative estimate of drug-likeness (QED) is 0.249. The predicted molar refractivity (Wildman–Crippen MR) is 89.8 cm³/mol. The van der Waals surface area contributed by atoms with Gasteiger partial charge in [0, 0.05) is 30.7 Å². The smallest absolute Gasteiger partial charge is 0.459 e. The highest BCUT2D eigenvalue weighted by Gasteiger charge is 2.42. The van der Waals surface area contributed by atoms with Crippen LogP contribution in [0.3, 0.4) is 0 Å². The number of phosphoric ester groups is 1. The predicted octanol–water partition coefficient (Wildman–Crippen LogP) is -1.07. The molecule has 13 heteroatoms. The van der Waals surface area contributed by atoms with Crippen molar-refractivity contribution in [2.45, 2.75) is 26.4 Å². The van der Waals surface area contributed by atoms with E-state index < -0.39 is 48.8 Å². The fourth-order valence-corrected chi connectivity index (χ4v) is 3.16. The lowest BCUT2D eigenvalue weighted by Gasteiger charge is -2.32. The fourth-order valence-electron chi connectivity index (χ4n) is 1.94. The molecule has 0 unspecified atom stereocenters. The number of nitrogens with one attached hydrogen (secondary N) is 2. The van der Waals surface area contributed by atoms with Crippen LogP contribution in [0.2, 0.25) is 0 Å². The lowest BCUT2D eigenvalue weighted by molar-refractivity contribution is -0.156. The number of esters is 1. The summed E-state index contributed by atoms with van der Waals surface area (Å²) in [7, 11) is -5.04. The Balaban J connectivity index is 3.01. The van der Waals surface area contributed by atoms with Gasteiger partial charge in [0.25, 0.3) is 11.0 Å². The van der Waals surface area contributed by atoms with Crippen LogP contribution in [0.5, 0.6) is 0 Å². The highest BCUT2D eigenvalue weighted by molar-refractivity contribution is 8.15. The third-order valence-electron chi connectivity index (χ3n) is 3.24. The van der Waals surface area contributed by atoms with Gasteiger partial charge in [-0.3, -0.25) is 18.9 Å². The molecule has 0 bridgehead atoms. The lowest BCUT2D eigenvalue weighted by atomic mass is 9.87. The Morgan fingerprint density at radius 1 is 1.19 bits per heavy atom. The van der Waals surface area contributed by atoms with Gasteiger partial charge in [-0.25, -0.2) is 9.36 Å². The minimum absolute atomic E-state index is 0.0805. The first kappa shape index (κ1) is 22.6. The molecule has 0 aromatic rings. The molecule has 1 aliphatic heterocycles. The highest BCUT2D eigenvalue weighted by Crippen LogP contribution is 2.42. The van der Waals surface area contributed by atoms with Crippen LogP contribution in [0, 0.1) is 5.41 Å². The van der Waals surface area contributed by atoms with E-state index in [0.717, 1.165) is 0 Å². The van der Waals surface area contributed by atoms with E-state index in [9.17, 15) is 23.7 Å². The average molecular weight is 412 g/mol. The zero-order chi connectivity index (χ0) is 20.0. The number of cyclic esters (lactones) is 1. The topological polar surface area (TPSA) is 168 Å². The summed E-state index contributed by atoms with van der Waals surface area (Å²) < 4.78 is 20.6. The first-order chi connectivity index (χ1) is 11.9. The number of carbonyl (C=O) groups is 4. The molecule has 11 nitrogen and oxygen atoms in total. The van der Waals surface area contributed by atoms with Crippen molar-refractivity contribution in [3.63, 3.8) is 0 Å². The normalized spacial score (nSPS) is 23.9. The SMILES string of the molecule is CC1(C)COC(=O)C(=O)SCCNC(=O)CCNC(=O)[C@@H]1OP(=O)(O)O. The first-order valence-corrected chi connectivity index (χ1v) is 10.1. The molecule has 2 amide bonds. The van der Waals surface area contributed by atoms with Gasteiger partial charge in [0.15, 0.2) is 6.10 Å². The monoisotopic (exact) mass is 412 g/mol. The van der Waals surface area contributed by atoms with Crippen molar-refractivity contribution in [1.82, 2.24) is 10.6 Å². The first-order valence-electron chi connectivity index (χ1n) is 7.54. The van der Waals surface area contributed by atoms with Crippen LogP contribution >= 0.6 is 19.6 Å². The van der Waals surface area contributed by atoms with Gasteiger partial charge in [-0.05, 0) is 0 Å². The fraction of sp³-hybridized carbons (Fsp3) is 0.692. The van der Waals surface area contributed by atoms with Crippen LogP contribution in [0.1, 0.15) is 20.3 Å². The molecule has 0 aromatic heterocycles. The number of hydrogen-bond acceptors (Lipinski definition) is 8. The summed E-state index contributed by atoms with van der Waals surface area (Å²) in [5, 5.41) is 3.96. The molecule has 0 saturated carbocycles. The molecule has 1 atom stereocenters. The van der Waals surface area contributed by atoms with Gasteiger partial charge < -0.3 is 25.2 Å². The Morgan fingerprint density at radius 3 is 2.46 bits per heavy atom. The van der Waals surface area contributed by atoms with Crippen molar-refractivity contribution < 1.29 is 42.8 Å². The summed E-state index contributed by atoms with van der Waals surface area (Å²) >= 11 is 0.663. The van der Waals surface area contributed by atoms with Gasteiger partial charge in [0.2, 0.25) is 5.91 Å². The second-order valence-electron chi connectivity index (χ2n) is 6.07. The molecule has 148 valence electrons. The summed E-state index contributed by atoms with van der Waals surface area (Å²) in [6.07, 6.45) is -1.77. The molecule has 26 heavy (non-hydrogen) atoms. The Hall–Kier alpha value is -1.46. The van der Waals surface area contributed by atoms with Gasteiger partial charge in [0.05, 0.1) is 6.61 Å². The molecule has 0 radical (unpaired) electrons. The maximum Gasteiger partial charge on any atom is 0.470 e. The second kappa shape index (κ2) is 9.47. The Morgan fingerprint density at radius 2 is 1.85 bits per heavy atom. The highest BCUT2D eigenvalue weighted by atomic mass is 32.2. The lowest BCUT2D eigenvalue weighted by Crippen LogP contribution is -2.48. The molecule has 0 aliphatic carbocycles. The zero-order valence-corrected chi connectivity index (χ0v) is 15.9. The minimum Gasteiger partial charge on any atom is -0.459 e.